The first-order valence-corrected chi connectivity index (χ1v) is 10.2. The zero-order valence-corrected chi connectivity index (χ0v) is 18.0. The molecule has 7 nitrogen and oxygen atoms in total. The second-order valence-electron chi connectivity index (χ2n) is 7.42. The summed E-state index contributed by atoms with van der Waals surface area (Å²) in [6, 6.07) is 15.9. The highest BCUT2D eigenvalue weighted by molar-refractivity contribution is 5.88. The first kappa shape index (κ1) is 20.5. The third-order valence-corrected chi connectivity index (χ3v) is 5.21. The second-order valence-corrected chi connectivity index (χ2v) is 7.42. The lowest BCUT2D eigenvalue weighted by atomic mass is 10.1. The number of nitrogens with zero attached hydrogens (tertiary/aromatic N) is 4. The van der Waals surface area contributed by atoms with Crippen molar-refractivity contribution in [3.63, 3.8) is 0 Å². The summed E-state index contributed by atoms with van der Waals surface area (Å²) in [5, 5.41) is 8.14. The van der Waals surface area contributed by atoms with E-state index in [2.05, 4.69) is 22.2 Å². The zero-order chi connectivity index (χ0) is 22.0. The van der Waals surface area contributed by atoms with Crippen LogP contribution >= 0.6 is 0 Å². The molecule has 0 saturated heterocycles. The molecular weight excluding hydrogens is 392 g/mol. The van der Waals surface area contributed by atoms with Crippen LogP contribution in [0.5, 0.6) is 0 Å². The molecule has 0 atom stereocenters. The number of carbonyl (C=O) groups is 1. The molecule has 0 unspecified atom stereocenters. The molecule has 7 heteroatoms. The van der Waals surface area contributed by atoms with E-state index in [1.165, 1.54) is 5.56 Å². The number of benzene rings is 2. The average molecular weight is 416 g/mol. The molecule has 0 N–H and O–H groups in total. The van der Waals surface area contributed by atoms with Gasteiger partial charge in [0.15, 0.2) is 5.69 Å². The third kappa shape index (κ3) is 4.26. The molecule has 0 aliphatic carbocycles. The van der Waals surface area contributed by atoms with Crippen LogP contribution < -0.4 is 0 Å². The van der Waals surface area contributed by atoms with Crippen molar-refractivity contribution in [2.45, 2.75) is 40.7 Å². The van der Waals surface area contributed by atoms with Gasteiger partial charge in [-0.3, -0.25) is 0 Å². The van der Waals surface area contributed by atoms with Crippen LogP contribution in [0, 0.1) is 20.8 Å². The van der Waals surface area contributed by atoms with Crippen LogP contribution in [0.2, 0.25) is 0 Å². The fraction of sp³-hybridized carbons (Fsp3) is 0.250. The number of esters is 1. The van der Waals surface area contributed by atoms with Crippen LogP contribution in [0.15, 0.2) is 52.9 Å². The Morgan fingerprint density at radius 3 is 2.42 bits per heavy atom. The topological polar surface area (TPSA) is 83.0 Å². The van der Waals surface area contributed by atoms with E-state index in [0.29, 0.717) is 23.0 Å². The monoisotopic (exact) mass is 416 g/mol. The smallest absolute Gasteiger partial charge is 0.361 e. The fourth-order valence-corrected chi connectivity index (χ4v) is 3.22. The van der Waals surface area contributed by atoms with Crippen molar-refractivity contribution >= 4 is 5.97 Å². The molecule has 2 aromatic heterocycles. The lowest BCUT2D eigenvalue weighted by Crippen LogP contribution is -2.09. The molecule has 4 aromatic rings. The van der Waals surface area contributed by atoms with Gasteiger partial charge in [0.2, 0.25) is 5.89 Å². The summed E-state index contributed by atoms with van der Waals surface area (Å²) in [7, 11) is 0. The first-order chi connectivity index (χ1) is 15.0. The normalized spacial score (nSPS) is 11.0. The van der Waals surface area contributed by atoms with E-state index in [1.807, 2.05) is 55.5 Å². The number of oxazole rings is 1. The summed E-state index contributed by atoms with van der Waals surface area (Å²) in [6.45, 7) is 7.71. The van der Waals surface area contributed by atoms with E-state index < -0.39 is 5.97 Å². The Bertz CT molecular complexity index is 1200. The van der Waals surface area contributed by atoms with E-state index in [-0.39, 0.29) is 12.3 Å². The van der Waals surface area contributed by atoms with Crippen molar-refractivity contribution in [2.24, 2.45) is 0 Å². The quantitative estimate of drug-likeness (QED) is 0.421. The molecule has 0 aliphatic rings. The van der Waals surface area contributed by atoms with E-state index >= 15 is 0 Å². The second kappa shape index (κ2) is 8.55. The van der Waals surface area contributed by atoms with E-state index in [1.54, 1.807) is 18.5 Å². The highest BCUT2D eigenvalue weighted by atomic mass is 16.5. The lowest BCUT2D eigenvalue weighted by Gasteiger charge is -2.05. The van der Waals surface area contributed by atoms with Gasteiger partial charge in [0.05, 0.1) is 11.4 Å². The predicted molar refractivity (Wildman–Crippen MR) is 116 cm³/mol. The Hall–Kier alpha value is -3.74. The maximum absolute atomic E-state index is 12.6. The number of aryl methyl sites for hydroxylation is 3. The van der Waals surface area contributed by atoms with Crippen molar-refractivity contribution in [3.8, 4) is 17.1 Å². The number of hydrogen-bond donors (Lipinski definition) is 0. The van der Waals surface area contributed by atoms with Gasteiger partial charge in [-0.15, -0.1) is 5.10 Å². The molecule has 0 aliphatic heterocycles. The fourth-order valence-electron chi connectivity index (χ4n) is 3.22. The SMILES string of the molecule is CCc1ccc(-n2nnc(C(=O)OCc3nc(-c4ccc(C)cc4)oc3C)c2C)cc1. The van der Waals surface area contributed by atoms with Gasteiger partial charge in [0.1, 0.15) is 18.1 Å². The highest BCUT2D eigenvalue weighted by Crippen LogP contribution is 2.23. The molecule has 31 heavy (non-hydrogen) atoms. The number of aromatic nitrogens is 4. The minimum atomic E-state index is -0.548. The van der Waals surface area contributed by atoms with Crippen LogP contribution in [-0.4, -0.2) is 25.9 Å². The Morgan fingerprint density at radius 1 is 1.03 bits per heavy atom. The minimum Gasteiger partial charge on any atom is -0.454 e. The summed E-state index contributed by atoms with van der Waals surface area (Å²) >= 11 is 0. The summed E-state index contributed by atoms with van der Waals surface area (Å²) in [4.78, 5) is 17.1. The number of ether oxygens (including phenoxy) is 1. The summed E-state index contributed by atoms with van der Waals surface area (Å²) < 4.78 is 12.8. The summed E-state index contributed by atoms with van der Waals surface area (Å²) in [5.74, 6) is 0.564. The van der Waals surface area contributed by atoms with Crippen molar-refractivity contribution in [1.29, 1.82) is 0 Å². The number of rotatable bonds is 6. The molecule has 158 valence electrons. The maximum atomic E-state index is 12.6. The molecule has 0 fully saturated rings. The van der Waals surface area contributed by atoms with Crippen LogP contribution in [0.25, 0.3) is 17.1 Å². The molecule has 0 amide bonds. The highest BCUT2D eigenvalue weighted by Gasteiger charge is 2.20. The number of carbonyl (C=O) groups excluding carboxylic acids is 1. The Kier molecular flexibility index (Phi) is 5.66. The van der Waals surface area contributed by atoms with Crippen LogP contribution in [0.3, 0.4) is 0 Å². The summed E-state index contributed by atoms with van der Waals surface area (Å²) in [5.41, 5.74) is 5.48. The molecular formula is C24H24N4O3. The van der Waals surface area contributed by atoms with Gasteiger partial charge < -0.3 is 9.15 Å². The standard InChI is InChI=1S/C24H24N4O3/c1-5-18-8-12-20(13-9-18)28-16(3)22(26-27-28)24(29)30-14-21-17(4)31-23(25-21)19-10-6-15(2)7-11-19/h6-13H,5,14H2,1-4H3. The number of hydrogen-bond acceptors (Lipinski definition) is 6. The van der Waals surface area contributed by atoms with Crippen LogP contribution in [0.4, 0.5) is 0 Å². The van der Waals surface area contributed by atoms with Gasteiger partial charge in [-0.1, -0.05) is 42.0 Å². The molecule has 0 saturated carbocycles. The van der Waals surface area contributed by atoms with Gasteiger partial charge in [-0.2, -0.15) is 0 Å². The third-order valence-electron chi connectivity index (χ3n) is 5.21. The molecule has 0 spiro atoms. The van der Waals surface area contributed by atoms with Gasteiger partial charge in [0.25, 0.3) is 0 Å². The first-order valence-electron chi connectivity index (χ1n) is 10.2. The molecule has 0 radical (unpaired) electrons. The van der Waals surface area contributed by atoms with Gasteiger partial charge in [0, 0.05) is 5.56 Å². The van der Waals surface area contributed by atoms with Gasteiger partial charge >= 0.3 is 5.97 Å². The van der Waals surface area contributed by atoms with Crippen molar-refractivity contribution in [2.75, 3.05) is 0 Å². The lowest BCUT2D eigenvalue weighted by molar-refractivity contribution is 0.0459. The van der Waals surface area contributed by atoms with E-state index in [4.69, 9.17) is 9.15 Å². The largest absolute Gasteiger partial charge is 0.454 e. The molecule has 2 heterocycles. The van der Waals surface area contributed by atoms with Crippen molar-refractivity contribution in [1.82, 2.24) is 20.0 Å². The predicted octanol–water partition coefficient (Wildman–Crippen LogP) is 4.77. The Labute approximate surface area is 180 Å². The average Bonchev–Trinajstić information content (AvgIpc) is 3.35. The van der Waals surface area contributed by atoms with Crippen LogP contribution in [-0.2, 0) is 17.8 Å². The summed E-state index contributed by atoms with van der Waals surface area (Å²) in [6.07, 6.45) is 0.960. The minimum absolute atomic E-state index is 0.00246. The van der Waals surface area contributed by atoms with Crippen molar-refractivity contribution in [3.05, 3.63) is 82.5 Å². The van der Waals surface area contributed by atoms with E-state index in [9.17, 15) is 4.79 Å². The Balaban J connectivity index is 1.47. The Morgan fingerprint density at radius 2 is 1.74 bits per heavy atom. The zero-order valence-electron chi connectivity index (χ0n) is 18.0. The molecule has 4 rings (SSSR count). The molecule has 0 bridgehead atoms. The molecule has 2 aromatic carbocycles. The van der Waals surface area contributed by atoms with Crippen molar-refractivity contribution < 1.29 is 13.9 Å². The maximum Gasteiger partial charge on any atom is 0.361 e. The van der Waals surface area contributed by atoms with Gasteiger partial charge in [-0.05, 0) is 57.0 Å². The van der Waals surface area contributed by atoms with Crippen LogP contribution in [0.1, 0.15) is 45.7 Å². The van der Waals surface area contributed by atoms with E-state index in [0.717, 1.165) is 23.2 Å². The van der Waals surface area contributed by atoms with Gasteiger partial charge in [-0.25, -0.2) is 14.5 Å².